The Balaban J connectivity index is 2.43. The van der Waals surface area contributed by atoms with Crippen LogP contribution in [-0.4, -0.2) is 0 Å². The smallest absolute Gasteiger partial charge is 0.180 e. The molecule has 1 atom stereocenters. The summed E-state index contributed by atoms with van der Waals surface area (Å²) in [6, 6.07) is 4.81. The molecule has 1 aliphatic rings. The summed E-state index contributed by atoms with van der Waals surface area (Å²) in [4.78, 5) is 0. The van der Waals surface area contributed by atoms with E-state index in [-0.39, 0.29) is 5.57 Å². The van der Waals surface area contributed by atoms with Crippen LogP contribution in [0.25, 0.3) is 11.1 Å². The molecule has 0 aromatic heterocycles. The van der Waals surface area contributed by atoms with Crippen molar-refractivity contribution in [3.8, 4) is 24.3 Å². The fourth-order valence-corrected chi connectivity index (χ4v) is 3.64. The number of nitrogens with zero attached hydrogens (tertiary/aromatic N) is 4. The van der Waals surface area contributed by atoms with Crippen LogP contribution in [0.4, 0.5) is 30.7 Å². The molecule has 0 amide bonds. The molecule has 1 aliphatic carbocycles. The molecule has 166 valence electrons. The molecule has 2 aromatic carbocycles. The Hall–Kier alpha value is -4.44. The molecule has 0 saturated heterocycles. The van der Waals surface area contributed by atoms with Gasteiger partial charge in [-0.25, -0.2) is 30.7 Å². The van der Waals surface area contributed by atoms with Crippen molar-refractivity contribution in [2.24, 2.45) is 0 Å². The summed E-state index contributed by atoms with van der Waals surface area (Å²) in [6.07, 6.45) is 0. The quantitative estimate of drug-likeness (QED) is 0.264. The average Bonchev–Trinajstić information content (AvgIpc) is 3.47. The van der Waals surface area contributed by atoms with Gasteiger partial charge in [0.25, 0.3) is 0 Å². The van der Waals surface area contributed by atoms with Crippen molar-refractivity contribution in [2.75, 3.05) is 0 Å². The molecular formula is C22H4F7N4P. The zero-order valence-corrected chi connectivity index (χ0v) is 17.4. The largest absolute Gasteiger partial charge is 0.205 e. The van der Waals surface area contributed by atoms with Crippen LogP contribution in [0.2, 0.25) is 0 Å². The van der Waals surface area contributed by atoms with Crippen molar-refractivity contribution in [3.63, 3.8) is 0 Å². The molecule has 1 unspecified atom stereocenters. The molecule has 0 heterocycles. The lowest BCUT2D eigenvalue weighted by atomic mass is 9.99. The highest BCUT2D eigenvalue weighted by atomic mass is 31.0. The molecular weight excluding hydrogens is 484 g/mol. The van der Waals surface area contributed by atoms with Crippen molar-refractivity contribution in [1.29, 1.82) is 21.0 Å². The molecule has 2 aromatic rings. The lowest BCUT2D eigenvalue weighted by molar-refractivity contribution is 0.447. The average molecular weight is 488 g/mol. The Labute approximate surface area is 188 Å². The minimum Gasteiger partial charge on any atom is -0.205 e. The first kappa shape index (κ1) is 24.2. The van der Waals surface area contributed by atoms with Gasteiger partial charge in [-0.3, -0.25) is 0 Å². The van der Waals surface area contributed by atoms with Gasteiger partial charge in [-0.05, 0) is 5.57 Å². The number of allylic oxidation sites excluding steroid dienone is 5. The van der Waals surface area contributed by atoms with Crippen LogP contribution in [0, 0.1) is 86.0 Å². The van der Waals surface area contributed by atoms with Crippen LogP contribution in [0.1, 0.15) is 22.3 Å². The van der Waals surface area contributed by atoms with E-state index in [1.54, 1.807) is 9.24 Å². The summed E-state index contributed by atoms with van der Waals surface area (Å²) >= 11 is 0. The van der Waals surface area contributed by atoms with E-state index in [4.69, 9.17) is 10.5 Å². The maximum atomic E-state index is 14.6. The van der Waals surface area contributed by atoms with Crippen molar-refractivity contribution < 1.29 is 30.7 Å². The first-order valence-electron chi connectivity index (χ1n) is 8.61. The molecule has 0 radical (unpaired) electrons. The van der Waals surface area contributed by atoms with Crippen LogP contribution >= 0.6 is 9.24 Å². The van der Waals surface area contributed by atoms with Crippen LogP contribution in [0.5, 0.6) is 0 Å². The molecule has 0 N–H and O–H groups in total. The van der Waals surface area contributed by atoms with Gasteiger partial charge < -0.3 is 0 Å². The van der Waals surface area contributed by atoms with Gasteiger partial charge in [0.15, 0.2) is 40.7 Å². The van der Waals surface area contributed by atoms with Crippen molar-refractivity contribution >= 4 is 25.7 Å². The summed E-state index contributed by atoms with van der Waals surface area (Å²) in [6.45, 7) is 3.42. The van der Waals surface area contributed by atoms with Crippen LogP contribution in [0.15, 0.2) is 23.3 Å². The Morgan fingerprint density at radius 1 is 0.588 bits per heavy atom. The van der Waals surface area contributed by atoms with Crippen molar-refractivity contribution in [3.05, 3.63) is 86.3 Å². The molecule has 3 rings (SSSR count). The van der Waals surface area contributed by atoms with E-state index in [1.807, 2.05) is 0 Å². The highest BCUT2D eigenvalue weighted by Gasteiger charge is 2.41. The van der Waals surface area contributed by atoms with E-state index in [1.165, 1.54) is 12.1 Å². The van der Waals surface area contributed by atoms with Gasteiger partial charge in [0.05, 0.1) is 16.7 Å². The molecule has 1 fully saturated rings. The molecule has 4 nitrogen and oxygen atoms in total. The van der Waals surface area contributed by atoms with E-state index in [0.29, 0.717) is 0 Å². The molecule has 0 bridgehead atoms. The van der Waals surface area contributed by atoms with Gasteiger partial charge in [-0.1, -0.05) is 6.58 Å². The third kappa shape index (κ3) is 3.23. The first-order chi connectivity index (χ1) is 16.0. The normalized spacial score (nSPS) is 15.1. The predicted octanol–water partition coefficient (Wildman–Crippen LogP) is 4.73. The Bertz CT molecular complexity index is 1420. The highest BCUT2D eigenvalue weighted by molar-refractivity contribution is 7.27. The summed E-state index contributed by atoms with van der Waals surface area (Å²) in [5.41, 5.74) is -8.56. The fraction of sp³-hybridized carbons (Fsp3) is 0. The van der Waals surface area contributed by atoms with E-state index in [0.717, 1.165) is 12.1 Å². The summed E-state index contributed by atoms with van der Waals surface area (Å²) in [5.74, 6) is -13.6. The zero-order valence-electron chi connectivity index (χ0n) is 16.2. The van der Waals surface area contributed by atoms with Gasteiger partial charge in [0, 0.05) is 22.0 Å². The Morgan fingerprint density at radius 2 is 0.941 bits per heavy atom. The number of rotatable bonds is 2. The second kappa shape index (κ2) is 8.49. The maximum Gasteiger partial charge on any atom is 0.180 e. The molecule has 1 saturated carbocycles. The predicted molar refractivity (Wildman–Crippen MR) is 106 cm³/mol. The van der Waals surface area contributed by atoms with Gasteiger partial charge in [0.2, 0.25) is 0 Å². The van der Waals surface area contributed by atoms with Gasteiger partial charge >= 0.3 is 0 Å². The Kier molecular flexibility index (Phi) is 6.04. The number of benzene rings is 2. The Morgan fingerprint density at radius 3 is 1.32 bits per heavy atom. The van der Waals surface area contributed by atoms with Gasteiger partial charge in [-0.15, -0.1) is 9.24 Å². The van der Waals surface area contributed by atoms with E-state index in [9.17, 15) is 41.3 Å². The van der Waals surface area contributed by atoms with Crippen molar-refractivity contribution in [2.45, 2.75) is 0 Å². The number of hydrogen-bond donors (Lipinski definition) is 0. The van der Waals surface area contributed by atoms with Gasteiger partial charge in [0.1, 0.15) is 35.4 Å². The van der Waals surface area contributed by atoms with E-state index >= 15 is 0 Å². The van der Waals surface area contributed by atoms with E-state index < -0.39 is 90.6 Å². The number of nitriles is 4. The minimum absolute atomic E-state index is 0.314. The van der Waals surface area contributed by atoms with E-state index in [2.05, 4.69) is 6.58 Å². The lowest BCUT2D eigenvalue weighted by Crippen LogP contribution is -2.15. The minimum atomic E-state index is -2.09. The molecule has 12 heteroatoms. The standard InChI is InChI=1S/C22H4F7N4P/c1-6-11(7(2-30)13-19(27)15(23)9(4-32)16(24)20(13)28)12(6)8(3-31)14-21(29)17(25)10(5-33)18(26)22(14)34/h1,34H2/b11-7+,12-8-. The fourth-order valence-electron chi connectivity index (χ4n) is 3.22. The lowest BCUT2D eigenvalue weighted by Gasteiger charge is -2.10. The number of hydrogen-bond acceptors (Lipinski definition) is 4. The highest BCUT2D eigenvalue weighted by Crippen LogP contribution is 2.52. The van der Waals surface area contributed by atoms with Crippen LogP contribution < -0.4 is 5.30 Å². The SMILES string of the molecule is C=C1C(=C(/C#N)c2c(F)c(F)c(C#N)c(F)c2F)/C1=C(/C#N)c1c(F)c(F)c(C#N)c(F)c1P. The maximum absolute atomic E-state index is 14.6. The monoisotopic (exact) mass is 488 g/mol. The number of halogens is 7. The molecule has 0 spiro atoms. The molecule has 0 aliphatic heterocycles. The van der Waals surface area contributed by atoms with Gasteiger partial charge in [-0.2, -0.15) is 21.0 Å². The molecule has 34 heavy (non-hydrogen) atoms. The zero-order chi connectivity index (χ0) is 25.6. The van der Waals surface area contributed by atoms with Crippen LogP contribution in [-0.2, 0) is 0 Å². The first-order valence-corrected chi connectivity index (χ1v) is 9.19. The second-order valence-electron chi connectivity index (χ2n) is 6.54. The summed E-state index contributed by atoms with van der Waals surface area (Å²) < 4.78 is 100. The third-order valence-electron chi connectivity index (χ3n) is 4.86. The van der Waals surface area contributed by atoms with Crippen LogP contribution in [0.3, 0.4) is 0 Å². The third-order valence-corrected chi connectivity index (χ3v) is 5.40. The van der Waals surface area contributed by atoms with Crippen molar-refractivity contribution in [1.82, 2.24) is 0 Å². The topological polar surface area (TPSA) is 95.2 Å². The second-order valence-corrected chi connectivity index (χ2v) is 7.11. The summed E-state index contributed by atoms with van der Waals surface area (Å²) in [7, 11) is 1.68. The summed E-state index contributed by atoms with van der Waals surface area (Å²) in [5, 5.41) is 35.7.